The first-order valence-corrected chi connectivity index (χ1v) is 5.52. The average molecular weight is 173 g/mol. The molecule has 0 aromatic carbocycles. The predicted molar refractivity (Wildman–Crippen MR) is 60.8 cm³/mol. The molecule has 1 nitrogen and oxygen atoms in total. The van der Waals surface area contributed by atoms with Crippen LogP contribution in [0.25, 0.3) is 0 Å². The van der Waals surface area contributed by atoms with Gasteiger partial charge in [0.25, 0.3) is 0 Å². The van der Waals surface area contributed by atoms with Crippen LogP contribution >= 0.6 is 0 Å². The van der Waals surface area contributed by atoms with Crippen molar-refractivity contribution in [3.05, 3.63) is 12.2 Å². The van der Waals surface area contributed by atoms with E-state index in [0.717, 1.165) is 23.6 Å². The molecule has 0 aliphatic carbocycles. The van der Waals surface area contributed by atoms with Crippen LogP contribution in [0.2, 0.25) is 5.09 Å². The molecule has 0 saturated heterocycles. The van der Waals surface area contributed by atoms with Gasteiger partial charge in [-0.2, -0.15) is 0 Å². The molecule has 0 bridgehead atoms. The van der Waals surface area contributed by atoms with Gasteiger partial charge in [0.1, 0.15) is 0 Å². The summed E-state index contributed by atoms with van der Waals surface area (Å²) in [5.41, 5.74) is 0.890. The SMILES string of the molecule is [Li][CH2]C=CCC(=N)CCCCCC. The number of nitrogens with one attached hydrogen (secondary N) is 1. The Bertz CT molecular complexity index is 152. The zero-order valence-corrected chi connectivity index (χ0v) is 9.10. The molecule has 0 aromatic heterocycles. The third kappa shape index (κ3) is 9.92. The maximum absolute atomic E-state index is 7.65. The van der Waals surface area contributed by atoms with Crippen LogP contribution in [0, 0.1) is 5.41 Å². The van der Waals surface area contributed by atoms with Crippen molar-refractivity contribution < 1.29 is 0 Å². The van der Waals surface area contributed by atoms with Gasteiger partial charge in [0.2, 0.25) is 0 Å². The van der Waals surface area contributed by atoms with Crippen LogP contribution in [0.15, 0.2) is 12.2 Å². The van der Waals surface area contributed by atoms with Crippen molar-refractivity contribution >= 4 is 23.4 Å². The summed E-state index contributed by atoms with van der Waals surface area (Å²) in [6, 6.07) is 0. The van der Waals surface area contributed by atoms with E-state index >= 15 is 0 Å². The number of unbranched alkanes of at least 4 members (excludes halogenated alkanes) is 3. The molecular formula is C11H20LiN. The van der Waals surface area contributed by atoms with Crippen molar-refractivity contribution in [1.29, 1.82) is 5.41 Å². The van der Waals surface area contributed by atoms with Gasteiger partial charge in [-0.25, -0.2) is 0 Å². The van der Waals surface area contributed by atoms with Gasteiger partial charge >= 0.3 is 91.5 Å². The second-order valence-electron chi connectivity index (χ2n) is 3.50. The fourth-order valence-electron chi connectivity index (χ4n) is 1.26. The number of allylic oxidation sites excluding steroid dienone is 2. The van der Waals surface area contributed by atoms with E-state index < -0.39 is 0 Å². The third-order valence-electron chi connectivity index (χ3n) is 2.10. The molecule has 0 spiro atoms. The van der Waals surface area contributed by atoms with Crippen LogP contribution in [0.4, 0.5) is 0 Å². The van der Waals surface area contributed by atoms with E-state index in [1.54, 1.807) is 0 Å². The summed E-state index contributed by atoms with van der Waals surface area (Å²) < 4.78 is 0. The Hall–Kier alpha value is 0.00740. The quantitative estimate of drug-likeness (QED) is 0.251. The van der Waals surface area contributed by atoms with Crippen LogP contribution in [0.1, 0.15) is 45.4 Å². The fraction of sp³-hybridized carbons (Fsp3) is 0.727. The summed E-state index contributed by atoms with van der Waals surface area (Å²) in [6.07, 6.45) is 11.2. The van der Waals surface area contributed by atoms with E-state index in [2.05, 4.69) is 36.8 Å². The summed E-state index contributed by atoms with van der Waals surface area (Å²) >= 11 is 2.13. The summed E-state index contributed by atoms with van der Waals surface area (Å²) in [4.78, 5) is 0. The Morgan fingerprint density at radius 3 is 2.62 bits per heavy atom. The Balaban J connectivity index is 3.25. The number of hydrogen-bond acceptors (Lipinski definition) is 1. The molecule has 0 rings (SSSR count). The molecule has 0 aromatic rings. The molecule has 0 atom stereocenters. The molecule has 0 saturated carbocycles. The molecule has 0 fully saturated rings. The van der Waals surface area contributed by atoms with Crippen LogP contribution in [0.3, 0.4) is 0 Å². The van der Waals surface area contributed by atoms with Gasteiger partial charge in [0.05, 0.1) is 0 Å². The molecule has 13 heavy (non-hydrogen) atoms. The van der Waals surface area contributed by atoms with E-state index in [0.29, 0.717) is 0 Å². The van der Waals surface area contributed by atoms with Crippen LogP contribution in [-0.2, 0) is 0 Å². The van der Waals surface area contributed by atoms with E-state index in [4.69, 9.17) is 5.41 Å². The van der Waals surface area contributed by atoms with Gasteiger partial charge in [-0.05, 0) is 0 Å². The number of rotatable bonds is 8. The minimum absolute atomic E-state index is 0.861. The molecule has 70 valence electrons. The molecule has 0 unspecified atom stereocenters. The van der Waals surface area contributed by atoms with Crippen LogP contribution in [0.5, 0.6) is 0 Å². The van der Waals surface area contributed by atoms with Crippen molar-refractivity contribution in [2.75, 3.05) is 0 Å². The maximum atomic E-state index is 7.65. The van der Waals surface area contributed by atoms with E-state index in [9.17, 15) is 0 Å². The monoisotopic (exact) mass is 173 g/mol. The standard InChI is InChI=1S/C11H20N.Li/c1-3-5-7-8-10-11(12)9-6-4-2;/h4,6,12H,2-3,5,7-10H2,1H3;. The zero-order valence-electron chi connectivity index (χ0n) is 9.10. The average Bonchev–Trinajstić information content (AvgIpc) is 2.13. The summed E-state index contributed by atoms with van der Waals surface area (Å²) in [5.74, 6) is 0. The van der Waals surface area contributed by atoms with E-state index in [1.807, 2.05) is 0 Å². The molecule has 0 radical (unpaired) electrons. The van der Waals surface area contributed by atoms with Crippen molar-refractivity contribution in [3.8, 4) is 0 Å². The number of hydrogen-bond donors (Lipinski definition) is 1. The van der Waals surface area contributed by atoms with Gasteiger partial charge in [-0.15, -0.1) is 0 Å². The summed E-state index contributed by atoms with van der Waals surface area (Å²) in [7, 11) is 0. The second kappa shape index (κ2) is 10.1. The van der Waals surface area contributed by atoms with Crippen molar-refractivity contribution in [2.24, 2.45) is 0 Å². The Kier molecular flexibility index (Phi) is 10.1. The minimum atomic E-state index is 0.861. The van der Waals surface area contributed by atoms with Gasteiger partial charge in [0.15, 0.2) is 0 Å². The third-order valence-corrected chi connectivity index (χ3v) is 2.10. The van der Waals surface area contributed by atoms with Gasteiger partial charge in [-0.3, -0.25) is 0 Å². The summed E-state index contributed by atoms with van der Waals surface area (Å²) in [6.45, 7) is 2.22. The van der Waals surface area contributed by atoms with E-state index in [-0.39, 0.29) is 0 Å². The Morgan fingerprint density at radius 2 is 2.00 bits per heavy atom. The molecule has 0 heterocycles. The summed E-state index contributed by atoms with van der Waals surface area (Å²) in [5, 5.41) is 8.74. The van der Waals surface area contributed by atoms with E-state index in [1.165, 1.54) is 25.7 Å². The van der Waals surface area contributed by atoms with Crippen LogP contribution in [-0.4, -0.2) is 23.4 Å². The second-order valence-corrected chi connectivity index (χ2v) is 3.50. The molecule has 1 N–H and O–H groups in total. The first kappa shape index (κ1) is 13.0. The van der Waals surface area contributed by atoms with Crippen molar-refractivity contribution in [1.82, 2.24) is 0 Å². The Morgan fingerprint density at radius 1 is 1.23 bits per heavy atom. The first-order chi connectivity index (χ1) is 6.31. The van der Waals surface area contributed by atoms with Crippen molar-refractivity contribution in [3.63, 3.8) is 0 Å². The predicted octanol–water partition coefficient (Wildman–Crippen LogP) is 3.51. The molecular weight excluding hydrogens is 153 g/mol. The van der Waals surface area contributed by atoms with Gasteiger partial charge < -0.3 is 0 Å². The topological polar surface area (TPSA) is 23.9 Å². The van der Waals surface area contributed by atoms with Gasteiger partial charge in [-0.1, -0.05) is 0 Å². The first-order valence-electron chi connectivity index (χ1n) is 5.52. The van der Waals surface area contributed by atoms with Crippen LogP contribution < -0.4 is 0 Å². The zero-order chi connectivity index (χ0) is 9.94. The Labute approximate surface area is 91.7 Å². The van der Waals surface area contributed by atoms with Crippen molar-refractivity contribution in [2.45, 2.75) is 50.5 Å². The normalized spacial score (nSPS) is 11.0. The molecule has 0 aliphatic rings. The molecule has 2 heteroatoms. The fourth-order valence-corrected chi connectivity index (χ4v) is 1.26. The molecule has 0 aliphatic heterocycles. The molecule has 0 amide bonds. The van der Waals surface area contributed by atoms with Gasteiger partial charge in [0, 0.05) is 0 Å².